The lowest BCUT2D eigenvalue weighted by atomic mass is 10.3. The van der Waals surface area contributed by atoms with Gasteiger partial charge in [-0.15, -0.1) is 0 Å². The Morgan fingerprint density at radius 2 is 2.19 bits per heavy atom. The number of ether oxygens (including phenoxy) is 1. The fraction of sp³-hybridized carbons (Fsp3) is 0.286. The molecule has 21 heavy (non-hydrogen) atoms. The van der Waals surface area contributed by atoms with E-state index < -0.39 is 0 Å². The van der Waals surface area contributed by atoms with E-state index in [1.54, 1.807) is 26.2 Å². The molecule has 2 N–H and O–H groups in total. The van der Waals surface area contributed by atoms with E-state index >= 15 is 0 Å². The van der Waals surface area contributed by atoms with Gasteiger partial charge in [0.25, 0.3) is 5.91 Å². The molecule has 6 nitrogen and oxygen atoms in total. The smallest absolute Gasteiger partial charge is 0.274 e. The van der Waals surface area contributed by atoms with Crippen LogP contribution in [0, 0.1) is 0 Å². The predicted molar refractivity (Wildman–Crippen MR) is 81.5 cm³/mol. The number of para-hydroxylation sites is 1. The molecule has 1 heterocycles. The monoisotopic (exact) mass is 308 g/mol. The van der Waals surface area contributed by atoms with Crippen LogP contribution in [-0.2, 0) is 7.05 Å². The number of anilines is 1. The van der Waals surface area contributed by atoms with Crippen LogP contribution in [0.5, 0.6) is 5.75 Å². The van der Waals surface area contributed by atoms with Gasteiger partial charge in [0, 0.05) is 14.1 Å². The third-order valence-corrected chi connectivity index (χ3v) is 3.35. The van der Waals surface area contributed by atoms with Crippen LogP contribution in [0.15, 0.2) is 30.5 Å². The number of carbonyl (C=O) groups is 1. The number of amides is 1. The van der Waals surface area contributed by atoms with Gasteiger partial charge in [-0.2, -0.15) is 5.10 Å². The minimum atomic E-state index is -0.199. The molecule has 2 rings (SSSR count). The molecule has 0 bridgehead atoms. The zero-order chi connectivity index (χ0) is 15.4. The molecule has 0 unspecified atom stereocenters. The number of nitrogens with two attached hydrogens (primary N) is 1. The van der Waals surface area contributed by atoms with Gasteiger partial charge in [-0.25, -0.2) is 0 Å². The van der Waals surface area contributed by atoms with Crippen molar-refractivity contribution in [1.82, 2.24) is 14.7 Å². The third-order valence-electron chi connectivity index (χ3n) is 3.04. The molecular weight excluding hydrogens is 292 g/mol. The Kier molecular flexibility index (Phi) is 4.70. The highest BCUT2D eigenvalue weighted by Crippen LogP contribution is 2.22. The minimum Gasteiger partial charge on any atom is -0.490 e. The first-order chi connectivity index (χ1) is 10.0. The standard InChI is InChI=1S/C14H17ClN4O2/c1-18(14(20)13-11(16)9-17-19(13)2)7-8-21-12-6-4-3-5-10(12)15/h3-6,9H,7-8,16H2,1-2H3. The number of halogens is 1. The molecule has 0 radical (unpaired) electrons. The topological polar surface area (TPSA) is 73.4 Å². The van der Waals surface area contributed by atoms with Crippen molar-refractivity contribution >= 4 is 23.2 Å². The summed E-state index contributed by atoms with van der Waals surface area (Å²) in [6, 6.07) is 7.20. The van der Waals surface area contributed by atoms with Gasteiger partial charge < -0.3 is 15.4 Å². The van der Waals surface area contributed by atoms with Gasteiger partial charge in [-0.05, 0) is 12.1 Å². The highest BCUT2D eigenvalue weighted by molar-refractivity contribution is 6.32. The fourth-order valence-electron chi connectivity index (χ4n) is 1.85. The van der Waals surface area contributed by atoms with Crippen LogP contribution < -0.4 is 10.5 Å². The number of nitrogens with zero attached hydrogens (tertiary/aromatic N) is 3. The van der Waals surface area contributed by atoms with E-state index in [9.17, 15) is 4.79 Å². The quantitative estimate of drug-likeness (QED) is 0.914. The van der Waals surface area contributed by atoms with E-state index in [2.05, 4.69) is 5.10 Å². The van der Waals surface area contributed by atoms with Crippen molar-refractivity contribution < 1.29 is 9.53 Å². The molecule has 1 amide bonds. The molecule has 112 valence electrons. The van der Waals surface area contributed by atoms with Crippen LogP contribution >= 0.6 is 11.6 Å². The van der Waals surface area contributed by atoms with E-state index in [-0.39, 0.29) is 5.91 Å². The molecule has 1 aromatic carbocycles. The second-order valence-electron chi connectivity index (χ2n) is 4.58. The molecular formula is C14H17ClN4O2. The van der Waals surface area contributed by atoms with Gasteiger partial charge in [-0.3, -0.25) is 9.48 Å². The third kappa shape index (κ3) is 3.46. The molecule has 2 aromatic rings. The number of hydrogen-bond acceptors (Lipinski definition) is 4. The van der Waals surface area contributed by atoms with E-state index in [4.69, 9.17) is 22.1 Å². The number of likely N-dealkylation sites (N-methyl/N-ethyl adjacent to an activating group) is 1. The average molecular weight is 309 g/mol. The second-order valence-corrected chi connectivity index (χ2v) is 4.98. The van der Waals surface area contributed by atoms with Crippen LogP contribution in [0.1, 0.15) is 10.5 Å². The number of rotatable bonds is 5. The first kappa shape index (κ1) is 15.2. The minimum absolute atomic E-state index is 0.199. The summed E-state index contributed by atoms with van der Waals surface area (Å²) in [7, 11) is 3.36. The molecule has 0 aliphatic heterocycles. The Labute approximate surface area is 128 Å². The van der Waals surface area contributed by atoms with Crippen molar-refractivity contribution in [1.29, 1.82) is 0 Å². The lowest BCUT2D eigenvalue weighted by Crippen LogP contribution is -2.32. The van der Waals surface area contributed by atoms with Gasteiger partial charge >= 0.3 is 0 Å². The molecule has 1 aromatic heterocycles. The fourth-order valence-corrected chi connectivity index (χ4v) is 2.04. The Hall–Kier alpha value is -2.21. The van der Waals surface area contributed by atoms with Gasteiger partial charge in [0.05, 0.1) is 23.5 Å². The summed E-state index contributed by atoms with van der Waals surface area (Å²) >= 11 is 5.99. The molecule has 0 saturated carbocycles. The molecule has 7 heteroatoms. The van der Waals surface area contributed by atoms with E-state index in [0.29, 0.717) is 35.3 Å². The van der Waals surface area contributed by atoms with Gasteiger partial charge in [0.15, 0.2) is 0 Å². The van der Waals surface area contributed by atoms with Crippen LogP contribution in [0.4, 0.5) is 5.69 Å². The van der Waals surface area contributed by atoms with Crippen molar-refractivity contribution in [2.45, 2.75) is 0 Å². The first-order valence-corrected chi connectivity index (χ1v) is 6.78. The van der Waals surface area contributed by atoms with Crippen LogP contribution in [0.2, 0.25) is 5.02 Å². The summed E-state index contributed by atoms with van der Waals surface area (Å²) in [4.78, 5) is 13.8. The highest BCUT2D eigenvalue weighted by atomic mass is 35.5. The summed E-state index contributed by atoms with van der Waals surface area (Å²) in [6.45, 7) is 0.748. The predicted octanol–water partition coefficient (Wildman–Crippen LogP) is 1.81. The maximum absolute atomic E-state index is 12.3. The summed E-state index contributed by atoms with van der Waals surface area (Å²) in [5.41, 5.74) is 6.47. The molecule has 0 spiro atoms. The Morgan fingerprint density at radius 1 is 1.48 bits per heavy atom. The van der Waals surface area contributed by atoms with E-state index in [1.165, 1.54) is 15.8 Å². The number of carbonyl (C=O) groups excluding carboxylic acids is 1. The van der Waals surface area contributed by atoms with Crippen molar-refractivity contribution in [2.75, 3.05) is 25.9 Å². The van der Waals surface area contributed by atoms with Crippen molar-refractivity contribution in [3.05, 3.63) is 41.2 Å². The van der Waals surface area contributed by atoms with Crippen molar-refractivity contribution in [3.8, 4) is 5.75 Å². The molecule has 0 aliphatic rings. The largest absolute Gasteiger partial charge is 0.490 e. The zero-order valence-electron chi connectivity index (χ0n) is 11.9. The lowest BCUT2D eigenvalue weighted by molar-refractivity contribution is 0.0764. The first-order valence-electron chi connectivity index (χ1n) is 6.41. The molecule has 0 fully saturated rings. The number of aromatic nitrogens is 2. The SMILES string of the molecule is CN(CCOc1ccccc1Cl)C(=O)c1c(N)cnn1C. The number of aryl methyl sites for hydroxylation is 1. The second kappa shape index (κ2) is 6.49. The summed E-state index contributed by atoms with van der Waals surface area (Å²) in [5, 5.41) is 4.50. The molecule has 0 saturated heterocycles. The normalized spacial score (nSPS) is 10.4. The molecule has 0 aliphatic carbocycles. The Balaban J connectivity index is 1.92. The maximum atomic E-state index is 12.3. The Bertz CT molecular complexity index is 622. The summed E-state index contributed by atoms with van der Waals surface area (Å²) in [5.74, 6) is 0.398. The van der Waals surface area contributed by atoms with Crippen molar-refractivity contribution in [2.24, 2.45) is 7.05 Å². The van der Waals surface area contributed by atoms with Crippen LogP contribution in [-0.4, -0.2) is 40.8 Å². The number of benzene rings is 1. The van der Waals surface area contributed by atoms with Crippen molar-refractivity contribution in [3.63, 3.8) is 0 Å². The van der Waals surface area contributed by atoms with E-state index in [0.717, 1.165) is 0 Å². The average Bonchev–Trinajstić information content (AvgIpc) is 2.79. The lowest BCUT2D eigenvalue weighted by Gasteiger charge is -2.18. The number of nitrogen functional groups attached to an aromatic ring is 1. The van der Waals surface area contributed by atoms with Gasteiger partial charge in [-0.1, -0.05) is 23.7 Å². The number of hydrogen-bond donors (Lipinski definition) is 1. The summed E-state index contributed by atoms with van der Waals surface area (Å²) in [6.07, 6.45) is 1.46. The van der Waals surface area contributed by atoms with E-state index in [1.807, 2.05) is 12.1 Å². The summed E-state index contributed by atoms with van der Waals surface area (Å²) < 4.78 is 7.02. The highest BCUT2D eigenvalue weighted by Gasteiger charge is 2.18. The van der Waals surface area contributed by atoms with Gasteiger partial charge in [0.2, 0.25) is 0 Å². The van der Waals surface area contributed by atoms with Crippen LogP contribution in [0.3, 0.4) is 0 Å². The zero-order valence-corrected chi connectivity index (χ0v) is 12.7. The van der Waals surface area contributed by atoms with Gasteiger partial charge in [0.1, 0.15) is 18.1 Å². The van der Waals surface area contributed by atoms with Crippen LogP contribution in [0.25, 0.3) is 0 Å². The maximum Gasteiger partial charge on any atom is 0.274 e. The molecule has 0 atom stereocenters. The Morgan fingerprint density at radius 3 is 2.81 bits per heavy atom.